The molecule has 1 N–H and O–H groups in total. The maximum atomic E-state index is 13.5. The predicted molar refractivity (Wildman–Crippen MR) is 114 cm³/mol. The van der Waals surface area contributed by atoms with Crippen LogP contribution in [-0.2, 0) is 11.0 Å². The first-order chi connectivity index (χ1) is 14.6. The van der Waals surface area contributed by atoms with Crippen molar-refractivity contribution in [1.82, 2.24) is 15.1 Å². The molecule has 5 aliphatic rings. The maximum absolute atomic E-state index is 13.5. The largest absolute Gasteiger partial charge is 0.436 e. The minimum absolute atomic E-state index is 0.00437. The molecule has 4 bridgehead atoms. The summed E-state index contributed by atoms with van der Waals surface area (Å²) in [6, 6.07) is -0.688. The zero-order valence-electron chi connectivity index (χ0n) is 18.1. The lowest BCUT2D eigenvalue weighted by molar-refractivity contribution is -0.142. The Kier molecular flexibility index (Phi) is 5.26. The molecule has 8 heteroatoms. The number of alkyl halides is 3. The van der Waals surface area contributed by atoms with E-state index < -0.39 is 17.9 Å². The van der Waals surface area contributed by atoms with E-state index in [2.05, 4.69) is 33.3 Å². The lowest BCUT2D eigenvalue weighted by Gasteiger charge is -2.59. The Morgan fingerprint density at radius 3 is 2.19 bits per heavy atom. The molecule has 1 amide bonds. The van der Waals surface area contributed by atoms with Gasteiger partial charge in [-0.1, -0.05) is 6.92 Å². The normalized spacial score (nSPS) is 34.1. The van der Waals surface area contributed by atoms with Crippen LogP contribution in [0.2, 0.25) is 0 Å². The van der Waals surface area contributed by atoms with Crippen LogP contribution in [0.15, 0.2) is 4.47 Å². The summed E-state index contributed by atoms with van der Waals surface area (Å²) < 4.78 is 41.7. The Balaban J connectivity index is 1.38. The second kappa shape index (κ2) is 7.49. The Labute approximate surface area is 189 Å². The number of carbonyl (C=O) groups excluding carboxylic acids is 1. The summed E-state index contributed by atoms with van der Waals surface area (Å²) in [5.74, 6) is 2.18. The van der Waals surface area contributed by atoms with E-state index in [0.717, 1.165) is 37.0 Å². The molecule has 172 valence electrons. The summed E-state index contributed by atoms with van der Waals surface area (Å²) in [5, 5.41) is 7.15. The van der Waals surface area contributed by atoms with Gasteiger partial charge in [0.15, 0.2) is 5.69 Å². The fourth-order valence-electron chi connectivity index (χ4n) is 7.32. The molecule has 0 aliphatic heterocycles. The van der Waals surface area contributed by atoms with Crippen LogP contribution in [0.1, 0.15) is 95.0 Å². The summed E-state index contributed by atoms with van der Waals surface area (Å²) in [4.78, 5) is 13.3. The summed E-state index contributed by atoms with van der Waals surface area (Å²) in [7, 11) is 0. The highest BCUT2D eigenvalue weighted by molar-refractivity contribution is 9.10. The number of halogens is 4. The molecule has 0 saturated heterocycles. The van der Waals surface area contributed by atoms with Crippen molar-refractivity contribution in [3.05, 3.63) is 15.9 Å². The number of hydrogen-bond acceptors (Lipinski definition) is 2. The predicted octanol–water partition coefficient (Wildman–Crippen LogP) is 6.21. The van der Waals surface area contributed by atoms with Gasteiger partial charge >= 0.3 is 6.18 Å². The second-order valence-corrected chi connectivity index (χ2v) is 11.5. The standard InChI is InChI=1S/C23H31BrF3N3O/c1-3-17(22-9-13-6-14(10-22)8-15(7-13)11-22)28-21(31)12(2)30-19(16-4-5-16)18(24)20(29-30)23(25,26)27/h12-17H,3-11H2,1-2H3,(H,28,31). The van der Waals surface area contributed by atoms with Gasteiger partial charge < -0.3 is 5.32 Å². The third kappa shape index (κ3) is 3.74. The Hall–Kier alpha value is -1.05. The minimum atomic E-state index is -4.55. The van der Waals surface area contributed by atoms with E-state index in [1.165, 1.54) is 43.2 Å². The number of nitrogens with zero attached hydrogens (tertiary/aromatic N) is 2. The topological polar surface area (TPSA) is 46.9 Å². The third-order valence-electron chi connectivity index (χ3n) is 8.42. The van der Waals surface area contributed by atoms with Crippen LogP contribution in [0.4, 0.5) is 13.2 Å². The number of hydrogen-bond donors (Lipinski definition) is 1. The number of amides is 1. The van der Waals surface area contributed by atoms with Gasteiger partial charge in [0.1, 0.15) is 6.04 Å². The van der Waals surface area contributed by atoms with Crippen LogP contribution in [0, 0.1) is 23.2 Å². The highest BCUT2D eigenvalue weighted by Crippen LogP contribution is 2.61. The SMILES string of the molecule is CCC(NC(=O)C(C)n1nc(C(F)(F)F)c(Br)c1C1CC1)C12CC3CC(CC(C3)C1)C2. The van der Waals surface area contributed by atoms with Gasteiger partial charge in [0.2, 0.25) is 5.91 Å². The summed E-state index contributed by atoms with van der Waals surface area (Å²) in [6.45, 7) is 3.79. The molecule has 0 spiro atoms. The first kappa shape index (κ1) is 21.8. The molecule has 5 fully saturated rings. The summed E-state index contributed by atoms with van der Waals surface area (Å²) in [6.07, 6.45) is 5.55. The molecule has 31 heavy (non-hydrogen) atoms. The van der Waals surface area contributed by atoms with Gasteiger partial charge in [0.05, 0.1) is 10.2 Å². The van der Waals surface area contributed by atoms with E-state index in [-0.39, 0.29) is 27.8 Å². The average Bonchev–Trinajstić information content (AvgIpc) is 3.45. The molecule has 5 aliphatic carbocycles. The lowest BCUT2D eigenvalue weighted by Crippen LogP contribution is -2.57. The number of rotatable bonds is 6. The van der Waals surface area contributed by atoms with Crippen LogP contribution in [0.3, 0.4) is 0 Å². The Bertz CT molecular complexity index is 841. The van der Waals surface area contributed by atoms with Crippen LogP contribution in [0.25, 0.3) is 0 Å². The van der Waals surface area contributed by atoms with Gasteiger partial charge in [-0.3, -0.25) is 9.48 Å². The van der Waals surface area contributed by atoms with Crippen LogP contribution >= 0.6 is 15.9 Å². The number of nitrogens with one attached hydrogen (secondary N) is 1. The molecule has 4 nitrogen and oxygen atoms in total. The van der Waals surface area contributed by atoms with Crippen LogP contribution in [0.5, 0.6) is 0 Å². The van der Waals surface area contributed by atoms with Gasteiger partial charge in [0, 0.05) is 12.0 Å². The molecule has 1 aromatic heterocycles. The third-order valence-corrected chi connectivity index (χ3v) is 9.20. The maximum Gasteiger partial charge on any atom is 0.436 e. The monoisotopic (exact) mass is 501 g/mol. The van der Waals surface area contributed by atoms with E-state index in [1.807, 2.05) is 0 Å². The number of carbonyl (C=O) groups is 1. The van der Waals surface area contributed by atoms with E-state index in [4.69, 9.17) is 0 Å². The van der Waals surface area contributed by atoms with Crippen molar-refractivity contribution in [2.75, 3.05) is 0 Å². The van der Waals surface area contributed by atoms with Crippen molar-refractivity contribution in [3.8, 4) is 0 Å². The average molecular weight is 502 g/mol. The zero-order chi connectivity index (χ0) is 22.1. The number of aromatic nitrogens is 2. The fraction of sp³-hybridized carbons (Fsp3) is 0.826. The molecule has 0 radical (unpaired) electrons. The molecule has 0 aromatic carbocycles. The highest BCUT2D eigenvalue weighted by Gasteiger charge is 2.54. The molecule has 5 saturated carbocycles. The highest BCUT2D eigenvalue weighted by atomic mass is 79.9. The van der Waals surface area contributed by atoms with Crippen LogP contribution in [-0.4, -0.2) is 21.7 Å². The van der Waals surface area contributed by atoms with Gasteiger partial charge in [-0.05, 0) is 104 Å². The summed E-state index contributed by atoms with van der Waals surface area (Å²) >= 11 is 3.13. The molecule has 2 atom stereocenters. The summed E-state index contributed by atoms with van der Waals surface area (Å²) in [5.41, 5.74) is -0.250. The van der Waals surface area contributed by atoms with Crippen molar-refractivity contribution in [1.29, 1.82) is 0 Å². The minimum Gasteiger partial charge on any atom is -0.351 e. The smallest absolute Gasteiger partial charge is 0.351 e. The first-order valence-electron chi connectivity index (χ1n) is 11.8. The quantitative estimate of drug-likeness (QED) is 0.503. The molecule has 2 unspecified atom stereocenters. The first-order valence-corrected chi connectivity index (χ1v) is 12.6. The second-order valence-electron chi connectivity index (χ2n) is 10.7. The molecule has 1 heterocycles. The van der Waals surface area contributed by atoms with Crippen molar-refractivity contribution in [2.24, 2.45) is 23.2 Å². The van der Waals surface area contributed by atoms with Gasteiger partial charge in [0.25, 0.3) is 0 Å². The molecule has 1 aromatic rings. The zero-order valence-corrected chi connectivity index (χ0v) is 19.7. The van der Waals surface area contributed by atoms with Gasteiger partial charge in [-0.25, -0.2) is 0 Å². The van der Waals surface area contributed by atoms with E-state index in [9.17, 15) is 18.0 Å². The van der Waals surface area contributed by atoms with Gasteiger partial charge in [-0.2, -0.15) is 18.3 Å². The van der Waals surface area contributed by atoms with E-state index >= 15 is 0 Å². The van der Waals surface area contributed by atoms with Crippen molar-refractivity contribution < 1.29 is 18.0 Å². The molecular weight excluding hydrogens is 471 g/mol. The van der Waals surface area contributed by atoms with Crippen LogP contribution < -0.4 is 5.32 Å². The van der Waals surface area contributed by atoms with Crippen molar-refractivity contribution >= 4 is 21.8 Å². The molecule has 6 rings (SSSR count). The van der Waals surface area contributed by atoms with Crippen molar-refractivity contribution in [3.63, 3.8) is 0 Å². The van der Waals surface area contributed by atoms with Crippen molar-refractivity contribution in [2.45, 2.75) is 95.8 Å². The van der Waals surface area contributed by atoms with E-state index in [1.54, 1.807) is 6.92 Å². The Morgan fingerprint density at radius 2 is 1.74 bits per heavy atom. The van der Waals surface area contributed by atoms with E-state index in [0.29, 0.717) is 5.69 Å². The lowest BCUT2D eigenvalue weighted by atomic mass is 9.47. The fourth-order valence-corrected chi connectivity index (χ4v) is 8.13. The molecular formula is C23H31BrF3N3O. The van der Waals surface area contributed by atoms with Gasteiger partial charge in [-0.15, -0.1) is 0 Å². The Morgan fingerprint density at radius 1 is 1.19 bits per heavy atom.